The van der Waals surface area contributed by atoms with Crippen LogP contribution in [-0.2, 0) is 0 Å². The van der Waals surface area contributed by atoms with Gasteiger partial charge in [0.1, 0.15) is 0 Å². The van der Waals surface area contributed by atoms with Gasteiger partial charge < -0.3 is 10.5 Å². The minimum absolute atomic E-state index is 0.0450. The standard InChI is InChI=1S/C13H12ClN3O3/c1-8(15)9-2-5-13(16-7-9)20-12-6-10(14)3-4-11(12)17(18)19/h2-8H,15H2,1H3. The van der Waals surface area contributed by atoms with E-state index in [9.17, 15) is 10.1 Å². The van der Waals surface area contributed by atoms with Gasteiger partial charge in [0.25, 0.3) is 0 Å². The first-order valence-corrected chi connectivity index (χ1v) is 6.18. The van der Waals surface area contributed by atoms with Crippen molar-refractivity contribution in [2.75, 3.05) is 0 Å². The van der Waals surface area contributed by atoms with Gasteiger partial charge in [0, 0.05) is 35.5 Å². The third-order valence-electron chi connectivity index (χ3n) is 2.62. The minimum atomic E-state index is -0.540. The molecule has 0 aliphatic carbocycles. The van der Waals surface area contributed by atoms with Gasteiger partial charge in [0.05, 0.1) is 4.92 Å². The van der Waals surface area contributed by atoms with Gasteiger partial charge in [-0.3, -0.25) is 10.1 Å². The predicted octanol–water partition coefficient (Wildman–Crippen LogP) is 3.46. The first-order valence-electron chi connectivity index (χ1n) is 5.80. The van der Waals surface area contributed by atoms with Crippen molar-refractivity contribution >= 4 is 17.3 Å². The van der Waals surface area contributed by atoms with Crippen molar-refractivity contribution in [3.8, 4) is 11.6 Å². The van der Waals surface area contributed by atoms with E-state index >= 15 is 0 Å². The summed E-state index contributed by atoms with van der Waals surface area (Å²) in [5.74, 6) is 0.281. The number of ether oxygens (including phenoxy) is 1. The lowest BCUT2D eigenvalue weighted by Gasteiger charge is -2.08. The van der Waals surface area contributed by atoms with E-state index in [1.165, 1.54) is 18.2 Å². The second-order valence-corrected chi connectivity index (χ2v) is 4.63. The van der Waals surface area contributed by atoms with Crippen molar-refractivity contribution in [2.24, 2.45) is 5.73 Å². The maximum atomic E-state index is 10.9. The molecule has 6 nitrogen and oxygen atoms in total. The number of hydrogen-bond donors (Lipinski definition) is 1. The first kappa shape index (κ1) is 14.2. The summed E-state index contributed by atoms with van der Waals surface area (Å²) >= 11 is 5.81. The number of nitro benzene ring substituents is 1. The van der Waals surface area contributed by atoms with E-state index in [1.54, 1.807) is 18.3 Å². The summed E-state index contributed by atoms with van der Waals surface area (Å²) in [6.45, 7) is 1.83. The van der Waals surface area contributed by atoms with Crippen LogP contribution in [0.25, 0.3) is 0 Å². The number of nitrogens with zero attached hydrogens (tertiary/aromatic N) is 2. The number of nitrogens with two attached hydrogens (primary N) is 1. The van der Waals surface area contributed by atoms with Crippen LogP contribution < -0.4 is 10.5 Å². The third-order valence-corrected chi connectivity index (χ3v) is 2.85. The van der Waals surface area contributed by atoms with Crippen molar-refractivity contribution in [1.29, 1.82) is 0 Å². The number of nitro groups is 1. The van der Waals surface area contributed by atoms with Crippen LogP contribution >= 0.6 is 11.6 Å². The van der Waals surface area contributed by atoms with Gasteiger partial charge in [0.15, 0.2) is 0 Å². The molecule has 0 saturated carbocycles. The van der Waals surface area contributed by atoms with Gasteiger partial charge in [-0.05, 0) is 18.6 Å². The molecule has 0 fully saturated rings. The normalized spacial score (nSPS) is 11.9. The molecule has 0 saturated heterocycles. The Morgan fingerprint density at radius 3 is 2.70 bits per heavy atom. The summed E-state index contributed by atoms with van der Waals surface area (Å²) in [6, 6.07) is 7.30. The van der Waals surface area contributed by atoms with Gasteiger partial charge in [-0.1, -0.05) is 17.7 Å². The van der Waals surface area contributed by atoms with E-state index in [4.69, 9.17) is 22.1 Å². The average molecular weight is 294 g/mol. The number of benzene rings is 1. The van der Waals surface area contributed by atoms with E-state index in [0.717, 1.165) is 5.56 Å². The van der Waals surface area contributed by atoms with E-state index in [0.29, 0.717) is 5.02 Å². The predicted molar refractivity (Wildman–Crippen MR) is 75.0 cm³/mol. The van der Waals surface area contributed by atoms with Crippen LogP contribution in [0.1, 0.15) is 18.5 Å². The van der Waals surface area contributed by atoms with Crippen LogP contribution in [0, 0.1) is 10.1 Å². The van der Waals surface area contributed by atoms with Crippen LogP contribution in [0.2, 0.25) is 5.02 Å². The molecule has 1 unspecified atom stereocenters. The van der Waals surface area contributed by atoms with Crippen molar-refractivity contribution in [2.45, 2.75) is 13.0 Å². The topological polar surface area (TPSA) is 91.3 Å². The van der Waals surface area contributed by atoms with Crippen molar-refractivity contribution in [3.05, 3.63) is 57.2 Å². The lowest BCUT2D eigenvalue weighted by Crippen LogP contribution is -2.05. The van der Waals surface area contributed by atoms with E-state index in [1.807, 2.05) is 6.92 Å². The van der Waals surface area contributed by atoms with Crippen LogP contribution in [0.4, 0.5) is 5.69 Å². The maximum Gasteiger partial charge on any atom is 0.311 e. The number of hydrogen-bond acceptors (Lipinski definition) is 5. The molecule has 0 aliphatic rings. The number of pyridine rings is 1. The molecule has 2 rings (SSSR count). The molecule has 1 atom stereocenters. The molecular weight excluding hydrogens is 282 g/mol. The summed E-state index contributed by atoms with van der Waals surface area (Å²) in [5, 5.41) is 11.3. The Hall–Kier alpha value is -2.18. The average Bonchev–Trinajstić information content (AvgIpc) is 2.39. The Bertz CT molecular complexity index is 629. The lowest BCUT2D eigenvalue weighted by atomic mass is 10.2. The fraction of sp³-hybridized carbons (Fsp3) is 0.154. The third kappa shape index (κ3) is 3.23. The minimum Gasteiger partial charge on any atom is -0.432 e. The van der Waals surface area contributed by atoms with Crippen LogP contribution in [0.15, 0.2) is 36.5 Å². The number of rotatable bonds is 4. The van der Waals surface area contributed by atoms with Gasteiger partial charge in [-0.2, -0.15) is 0 Å². The molecule has 0 bridgehead atoms. The fourth-order valence-corrected chi connectivity index (χ4v) is 1.72. The largest absolute Gasteiger partial charge is 0.432 e. The van der Waals surface area contributed by atoms with E-state index in [2.05, 4.69) is 4.98 Å². The van der Waals surface area contributed by atoms with Gasteiger partial charge >= 0.3 is 5.69 Å². The first-order chi connectivity index (χ1) is 9.47. The van der Waals surface area contributed by atoms with Crippen LogP contribution in [0.5, 0.6) is 11.6 Å². The highest BCUT2D eigenvalue weighted by molar-refractivity contribution is 6.30. The van der Waals surface area contributed by atoms with Crippen LogP contribution in [-0.4, -0.2) is 9.91 Å². The Kier molecular flexibility index (Phi) is 4.16. The van der Waals surface area contributed by atoms with Gasteiger partial charge in [-0.25, -0.2) is 4.98 Å². The lowest BCUT2D eigenvalue weighted by molar-refractivity contribution is -0.385. The Labute approximate surface area is 120 Å². The maximum absolute atomic E-state index is 10.9. The fourth-order valence-electron chi connectivity index (χ4n) is 1.55. The molecule has 1 heterocycles. The molecule has 0 radical (unpaired) electrons. The summed E-state index contributed by atoms with van der Waals surface area (Å²) in [7, 11) is 0. The number of halogens is 1. The monoisotopic (exact) mass is 293 g/mol. The summed E-state index contributed by atoms with van der Waals surface area (Å²) < 4.78 is 5.41. The molecule has 1 aromatic heterocycles. The zero-order valence-corrected chi connectivity index (χ0v) is 11.4. The van der Waals surface area contributed by atoms with Crippen molar-refractivity contribution in [3.63, 3.8) is 0 Å². The highest BCUT2D eigenvalue weighted by Gasteiger charge is 2.16. The summed E-state index contributed by atoms with van der Waals surface area (Å²) in [5.41, 5.74) is 6.38. The summed E-state index contributed by atoms with van der Waals surface area (Å²) in [4.78, 5) is 14.4. The molecule has 0 aliphatic heterocycles. The van der Waals surface area contributed by atoms with Crippen molar-refractivity contribution < 1.29 is 9.66 Å². The Balaban J connectivity index is 2.29. The molecular formula is C13H12ClN3O3. The molecule has 7 heteroatoms. The zero-order chi connectivity index (χ0) is 14.7. The molecule has 20 heavy (non-hydrogen) atoms. The summed E-state index contributed by atoms with van der Waals surface area (Å²) in [6.07, 6.45) is 1.57. The molecule has 104 valence electrons. The SMILES string of the molecule is CC(N)c1ccc(Oc2cc(Cl)ccc2[N+](=O)[O-])nc1. The molecule has 2 N–H and O–H groups in total. The zero-order valence-electron chi connectivity index (χ0n) is 10.6. The van der Waals surface area contributed by atoms with Crippen LogP contribution in [0.3, 0.4) is 0 Å². The molecule has 1 aromatic carbocycles. The second kappa shape index (κ2) is 5.85. The Morgan fingerprint density at radius 2 is 2.15 bits per heavy atom. The van der Waals surface area contributed by atoms with Gasteiger partial charge in [-0.15, -0.1) is 0 Å². The molecule has 0 amide bonds. The Morgan fingerprint density at radius 1 is 1.40 bits per heavy atom. The molecule has 2 aromatic rings. The smallest absolute Gasteiger partial charge is 0.311 e. The molecule has 0 spiro atoms. The van der Waals surface area contributed by atoms with Crippen molar-refractivity contribution in [1.82, 2.24) is 4.98 Å². The highest BCUT2D eigenvalue weighted by atomic mass is 35.5. The number of aromatic nitrogens is 1. The van der Waals surface area contributed by atoms with E-state index < -0.39 is 4.92 Å². The van der Waals surface area contributed by atoms with E-state index in [-0.39, 0.29) is 23.4 Å². The quantitative estimate of drug-likeness (QED) is 0.688. The second-order valence-electron chi connectivity index (χ2n) is 4.19. The van der Waals surface area contributed by atoms with Gasteiger partial charge in [0.2, 0.25) is 11.6 Å². The highest BCUT2D eigenvalue weighted by Crippen LogP contribution is 2.33.